The summed E-state index contributed by atoms with van der Waals surface area (Å²) >= 11 is 0. The number of nitrogens with one attached hydrogen (secondary N) is 2. The van der Waals surface area contributed by atoms with E-state index in [-0.39, 0.29) is 23.9 Å². The summed E-state index contributed by atoms with van der Waals surface area (Å²) < 4.78 is 43.0. The van der Waals surface area contributed by atoms with Crippen LogP contribution in [-0.4, -0.2) is 32.8 Å². The molecule has 1 aliphatic heterocycles. The Hall–Kier alpha value is -1.64. The van der Waals surface area contributed by atoms with Crippen molar-refractivity contribution in [3.63, 3.8) is 0 Å². The number of ether oxygens (including phenoxy) is 1. The maximum atomic E-state index is 12.4. The van der Waals surface area contributed by atoms with Gasteiger partial charge in [0.05, 0.1) is 12.1 Å². The molecule has 1 amide bonds. The number of rotatable bonds is 3. The number of carbonyl (C=O) groups excluding carboxylic acids is 1. The van der Waals surface area contributed by atoms with Crippen molar-refractivity contribution < 1.29 is 22.7 Å². The van der Waals surface area contributed by atoms with E-state index in [1.165, 1.54) is 0 Å². The largest absolute Gasteiger partial charge is 0.453 e. The van der Waals surface area contributed by atoms with Gasteiger partial charge in [0.1, 0.15) is 11.9 Å². The van der Waals surface area contributed by atoms with Crippen molar-refractivity contribution >= 4 is 5.91 Å². The summed E-state index contributed by atoms with van der Waals surface area (Å²) in [6, 6.07) is 0. The Morgan fingerprint density at radius 3 is 2.68 bits per heavy atom. The first-order chi connectivity index (χ1) is 10.4. The number of alkyl halides is 3. The maximum absolute atomic E-state index is 12.4. The van der Waals surface area contributed by atoms with E-state index < -0.39 is 18.1 Å². The summed E-state index contributed by atoms with van der Waals surface area (Å²) in [5.74, 6) is -1.58. The first kappa shape index (κ1) is 15.3. The topological polar surface area (TPSA) is 79.9 Å². The van der Waals surface area contributed by atoms with Crippen LogP contribution in [0, 0.1) is 0 Å². The van der Waals surface area contributed by atoms with Crippen LogP contribution in [0.2, 0.25) is 0 Å². The van der Waals surface area contributed by atoms with Gasteiger partial charge in [-0.25, -0.2) is 4.98 Å². The second kappa shape index (κ2) is 5.53. The third kappa shape index (κ3) is 3.08. The number of aromatic amines is 1. The molecule has 0 aromatic carbocycles. The van der Waals surface area contributed by atoms with Gasteiger partial charge in [-0.3, -0.25) is 9.89 Å². The maximum Gasteiger partial charge on any atom is 0.453 e. The fourth-order valence-electron chi connectivity index (χ4n) is 2.94. The molecule has 1 aliphatic carbocycles. The van der Waals surface area contributed by atoms with Gasteiger partial charge in [-0.15, -0.1) is 5.10 Å². The smallest absolute Gasteiger partial charge is 0.362 e. The first-order valence-electron chi connectivity index (χ1n) is 7.32. The van der Waals surface area contributed by atoms with Crippen LogP contribution in [0.1, 0.15) is 50.2 Å². The number of halogens is 3. The zero-order valence-corrected chi connectivity index (χ0v) is 11.9. The van der Waals surface area contributed by atoms with E-state index in [4.69, 9.17) is 4.74 Å². The van der Waals surface area contributed by atoms with Crippen LogP contribution in [0.5, 0.6) is 0 Å². The summed E-state index contributed by atoms with van der Waals surface area (Å²) in [6.07, 6.45) is 0.499. The third-order valence-electron chi connectivity index (χ3n) is 4.26. The lowest BCUT2D eigenvalue weighted by molar-refractivity contribution is -0.180. The van der Waals surface area contributed by atoms with E-state index in [2.05, 4.69) is 20.5 Å². The molecular weight excluding hydrogens is 301 g/mol. The molecule has 0 bridgehead atoms. The third-order valence-corrected chi connectivity index (χ3v) is 4.26. The van der Waals surface area contributed by atoms with Gasteiger partial charge in [0.2, 0.25) is 5.91 Å². The van der Waals surface area contributed by atoms with E-state index in [0.717, 1.165) is 32.1 Å². The van der Waals surface area contributed by atoms with Crippen LogP contribution in [0.15, 0.2) is 0 Å². The quantitative estimate of drug-likeness (QED) is 0.892. The molecule has 1 atom stereocenters. The van der Waals surface area contributed by atoms with Crippen LogP contribution in [0.25, 0.3) is 0 Å². The van der Waals surface area contributed by atoms with Crippen LogP contribution in [-0.2, 0) is 22.3 Å². The highest BCUT2D eigenvalue weighted by molar-refractivity contribution is 5.80. The number of H-pyrrole nitrogens is 1. The van der Waals surface area contributed by atoms with Crippen molar-refractivity contribution in [2.45, 2.75) is 63.0 Å². The summed E-state index contributed by atoms with van der Waals surface area (Å²) in [7, 11) is 0. The average Bonchev–Trinajstić information content (AvgIpc) is 2.92. The van der Waals surface area contributed by atoms with Crippen LogP contribution in [0.4, 0.5) is 13.2 Å². The molecule has 9 heteroatoms. The van der Waals surface area contributed by atoms with E-state index in [1.807, 2.05) is 0 Å². The number of hydrogen-bond donors (Lipinski definition) is 2. The Kier molecular flexibility index (Phi) is 3.84. The van der Waals surface area contributed by atoms with E-state index >= 15 is 0 Å². The van der Waals surface area contributed by atoms with Crippen LogP contribution >= 0.6 is 0 Å². The Morgan fingerprint density at radius 2 is 2.09 bits per heavy atom. The summed E-state index contributed by atoms with van der Waals surface area (Å²) in [6.45, 7) is -0.130. The van der Waals surface area contributed by atoms with Gasteiger partial charge in [0.25, 0.3) is 5.82 Å². The van der Waals surface area contributed by atoms with Crippen LogP contribution in [0.3, 0.4) is 0 Å². The molecular formula is C13H17F3N4O2. The minimum Gasteiger partial charge on any atom is -0.362 e. The normalized spacial score (nSPS) is 24.0. The molecule has 1 unspecified atom stereocenters. The molecule has 22 heavy (non-hydrogen) atoms. The molecule has 2 aliphatic rings. The molecule has 0 radical (unpaired) electrons. The molecule has 6 nitrogen and oxygen atoms in total. The highest BCUT2D eigenvalue weighted by Crippen LogP contribution is 2.44. The monoisotopic (exact) mass is 318 g/mol. The Labute approximate surface area is 124 Å². The van der Waals surface area contributed by atoms with Crippen molar-refractivity contribution in [3.8, 4) is 0 Å². The van der Waals surface area contributed by atoms with Gasteiger partial charge < -0.3 is 10.1 Å². The predicted molar refractivity (Wildman–Crippen MR) is 68.5 cm³/mol. The minimum absolute atomic E-state index is 0.0326. The second-order valence-electron chi connectivity index (χ2n) is 5.86. The Bertz CT molecular complexity index is 554. The van der Waals surface area contributed by atoms with E-state index in [0.29, 0.717) is 6.42 Å². The fraction of sp³-hybridized carbons (Fsp3) is 0.769. The van der Waals surface area contributed by atoms with E-state index in [1.54, 1.807) is 0 Å². The number of carbonyl (C=O) groups is 1. The summed E-state index contributed by atoms with van der Waals surface area (Å²) in [4.78, 5) is 15.4. The lowest BCUT2D eigenvalue weighted by atomic mass is 9.74. The number of aromatic nitrogens is 3. The Balaban J connectivity index is 1.52. The van der Waals surface area contributed by atoms with Crippen molar-refractivity contribution in [3.05, 3.63) is 11.6 Å². The average molecular weight is 318 g/mol. The number of amides is 1. The van der Waals surface area contributed by atoms with Gasteiger partial charge in [-0.05, 0) is 38.5 Å². The lowest BCUT2D eigenvalue weighted by Gasteiger charge is -2.47. The molecule has 122 valence electrons. The molecule has 3 rings (SSSR count). The zero-order valence-electron chi connectivity index (χ0n) is 11.9. The Morgan fingerprint density at radius 1 is 1.36 bits per heavy atom. The molecule has 2 heterocycles. The molecule has 2 N–H and O–H groups in total. The number of hydrogen-bond acceptors (Lipinski definition) is 4. The molecule has 2 fully saturated rings. The molecule has 1 saturated carbocycles. The van der Waals surface area contributed by atoms with Gasteiger partial charge in [0, 0.05) is 0 Å². The van der Waals surface area contributed by atoms with Gasteiger partial charge >= 0.3 is 6.18 Å². The van der Waals surface area contributed by atoms with Gasteiger partial charge in [-0.2, -0.15) is 13.2 Å². The SMILES string of the molecule is O=C(NCc1nc(C(F)(F)F)n[nH]1)C1CCCC2(CCC2)O1. The zero-order chi connectivity index (χ0) is 15.8. The highest BCUT2D eigenvalue weighted by atomic mass is 19.4. The molecule has 1 aromatic heterocycles. The van der Waals surface area contributed by atoms with E-state index in [9.17, 15) is 18.0 Å². The van der Waals surface area contributed by atoms with Gasteiger partial charge in [0.15, 0.2) is 0 Å². The minimum atomic E-state index is -4.60. The van der Waals surface area contributed by atoms with Crippen molar-refractivity contribution in [2.75, 3.05) is 0 Å². The molecule has 1 aromatic rings. The standard InChI is InChI=1S/C13H17F3N4O2/c14-13(15,16)11-18-9(19-20-11)7-17-10(21)8-3-1-4-12(22-8)5-2-6-12/h8H,1-7H2,(H,17,21)(H,18,19,20). The molecule has 1 spiro atoms. The summed E-state index contributed by atoms with van der Waals surface area (Å²) in [5.41, 5.74) is -0.143. The van der Waals surface area contributed by atoms with Crippen molar-refractivity contribution in [1.82, 2.24) is 20.5 Å². The summed E-state index contributed by atoms with van der Waals surface area (Å²) in [5, 5.41) is 7.81. The fourth-order valence-corrected chi connectivity index (χ4v) is 2.94. The second-order valence-corrected chi connectivity index (χ2v) is 5.86. The van der Waals surface area contributed by atoms with Gasteiger partial charge in [-0.1, -0.05) is 0 Å². The van der Waals surface area contributed by atoms with Crippen LogP contribution < -0.4 is 5.32 Å². The highest BCUT2D eigenvalue weighted by Gasteiger charge is 2.44. The lowest BCUT2D eigenvalue weighted by Crippen LogP contribution is -2.50. The first-order valence-corrected chi connectivity index (χ1v) is 7.32. The van der Waals surface area contributed by atoms with Crippen molar-refractivity contribution in [1.29, 1.82) is 0 Å². The number of nitrogens with zero attached hydrogens (tertiary/aromatic N) is 2. The van der Waals surface area contributed by atoms with Crippen molar-refractivity contribution in [2.24, 2.45) is 0 Å². The predicted octanol–water partition coefficient (Wildman–Crippen LogP) is 1.93. The molecule has 1 saturated heterocycles.